The predicted octanol–water partition coefficient (Wildman–Crippen LogP) is 2.98. The zero-order chi connectivity index (χ0) is 18.6. The normalized spacial score (nSPS) is 12.0. The van der Waals surface area contributed by atoms with E-state index in [2.05, 4.69) is 9.71 Å². The molecule has 0 amide bonds. The summed E-state index contributed by atoms with van der Waals surface area (Å²) in [6.45, 7) is 1.93. The third-order valence-corrected chi connectivity index (χ3v) is 5.44. The molecule has 3 aromatic carbocycles. The third kappa shape index (κ3) is 4.31. The minimum atomic E-state index is -3.77. The number of anilines is 1. The van der Waals surface area contributed by atoms with Gasteiger partial charge < -0.3 is 0 Å². The van der Waals surface area contributed by atoms with Crippen LogP contribution in [0.2, 0.25) is 5.02 Å². The Hall–Kier alpha value is -2.63. The summed E-state index contributed by atoms with van der Waals surface area (Å²) in [7, 11) is -3.77. The molecule has 26 heavy (non-hydrogen) atoms. The summed E-state index contributed by atoms with van der Waals surface area (Å²) in [5.41, 5.74) is 2.50. The Balaban J connectivity index is 2.09. The minimum absolute atomic E-state index is 0.142. The fraction of sp³-hybridized carbons (Fsp3) is 0.0500. The molecule has 0 heterocycles. The Morgan fingerprint density at radius 2 is 1.50 bits per heavy atom. The van der Waals surface area contributed by atoms with Crippen LogP contribution in [0, 0.1) is 6.92 Å². The van der Waals surface area contributed by atoms with Crippen LogP contribution in [-0.2, 0) is 10.0 Å². The van der Waals surface area contributed by atoms with E-state index in [-0.39, 0.29) is 4.90 Å². The number of nitrogens with one attached hydrogen (secondary N) is 2. The Morgan fingerprint density at radius 1 is 0.885 bits per heavy atom. The van der Waals surface area contributed by atoms with Gasteiger partial charge in [-0.2, -0.15) is 12.8 Å². The average molecular weight is 386 g/mol. The molecule has 0 aromatic heterocycles. The van der Waals surface area contributed by atoms with Gasteiger partial charge in [-0.25, -0.2) is 5.32 Å². The second-order valence-electron chi connectivity index (χ2n) is 5.74. The van der Waals surface area contributed by atoms with Gasteiger partial charge in [-0.1, -0.05) is 48.0 Å². The van der Waals surface area contributed by atoms with Gasteiger partial charge in [-0.05, 0) is 55.0 Å². The van der Waals surface area contributed by atoms with Crippen molar-refractivity contribution in [3.05, 3.63) is 95.0 Å². The molecule has 4 nitrogen and oxygen atoms in total. The maximum Gasteiger partial charge on any atom is 0.328 e. The smallest absolute Gasteiger partial charge is 0.240 e. The quantitative estimate of drug-likeness (QED) is 0.536. The molecule has 0 aliphatic carbocycles. The van der Waals surface area contributed by atoms with E-state index in [1.54, 1.807) is 12.1 Å². The second kappa shape index (κ2) is 7.72. The number of amidine groups is 1. The summed E-state index contributed by atoms with van der Waals surface area (Å²) in [6, 6.07) is 23.0. The van der Waals surface area contributed by atoms with Gasteiger partial charge in [0.2, 0.25) is 0 Å². The van der Waals surface area contributed by atoms with Gasteiger partial charge in [0.15, 0.2) is 0 Å². The largest absolute Gasteiger partial charge is 0.328 e. The maximum absolute atomic E-state index is 12.8. The summed E-state index contributed by atoms with van der Waals surface area (Å²) in [4.78, 5) is 0.142. The number of halogens is 1. The van der Waals surface area contributed by atoms with Gasteiger partial charge >= 0.3 is 10.0 Å². The monoisotopic (exact) mass is 385 g/mol. The fourth-order valence-corrected chi connectivity index (χ4v) is 3.64. The highest BCUT2D eigenvalue weighted by atomic mass is 35.5. The number of aryl methyl sites for hydroxylation is 1. The Bertz CT molecular complexity index is 1030. The Labute approximate surface area is 158 Å². The van der Waals surface area contributed by atoms with Crippen molar-refractivity contribution < 1.29 is 12.8 Å². The molecule has 0 aliphatic heterocycles. The zero-order valence-corrected chi connectivity index (χ0v) is 15.7. The first kappa shape index (κ1) is 18.2. The van der Waals surface area contributed by atoms with Crippen LogP contribution in [0.5, 0.6) is 0 Å². The van der Waals surface area contributed by atoms with Crippen LogP contribution in [0.1, 0.15) is 11.1 Å². The van der Waals surface area contributed by atoms with Crippen molar-refractivity contribution >= 4 is 33.1 Å². The van der Waals surface area contributed by atoms with Crippen molar-refractivity contribution in [3.8, 4) is 0 Å². The lowest BCUT2D eigenvalue weighted by Crippen LogP contribution is -2.78. The molecule has 0 radical (unpaired) electrons. The topological polar surface area (TPSA) is 60.1 Å². The van der Waals surface area contributed by atoms with Crippen molar-refractivity contribution in [2.75, 3.05) is 5.32 Å². The summed E-state index contributed by atoms with van der Waals surface area (Å²) in [6.07, 6.45) is 0. The molecule has 0 saturated heterocycles. The second-order valence-corrected chi connectivity index (χ2v) is 7.86. The van der Waals surface area contributed by atoms with Gasteiger partial charge in [0.25, 0.3) is 5.84 Å². The maximum atomic E-state index is 12.8. The molecule has 0 unspecified atom stereocenters. The molecule has 0 atom stereocenters. The van der Waals surface area contributed by atoms with Crippen molar-refractivity contribution in [3.63, 3.8) is 0 Å². The van der Waals surface area contributed by atoms with E-state index in [1.165, 1.54) is 12.1 Å². The highest BCUT2D eigenvalue weighted by Crippen LogP contribution is 2.13. The standard InChI is InChI=1S/C20H17ClN2O2S/c1-15-7-5-6-10-19(15)20(22-17-8-3-2-4-9-17)23-26(24,25)18-13-11-16(21)12-14-18/h2-14H,1H3,(H,22,23)/p+1. The first-order chi connectivity index (χ1) is 12.5. The van der Waals surface area contributed by atoms with Crippen LogP contribution in [0.3, 0.4) is 0 Å². The van der Waals surface area contributed by atoms with Gasteiger partial charge in [-0.3, -0.25) is 0 Å². The van der Waals surface area contributed by atoms with Crippen LogP contribution >= 0.6 is 11.6 Å². The van der Waals surface area contributed by atoms with Crippen molar-refractivity contribution in [1.29, 1.82) is 0 Å². The third-order valence-electron chi connectivity index (χ3n) is 3.82. The SMILES string of the molecule is Cc1ccccc1C(Nc1ccccc1)=[NH+]S(=O)(=O)c1ccc(Cl)cc1. The number of rotatable bonds is 4. The first-order valence-electron chi connectivity index (χ1n) is 7.99. The summed E-state index contributed by atoms with van der Waals surface area (Å²) >= 11 is 5.86. The molecule has 3 aromatic rings. The molecule has 6 heteroatoms. The van der Waals surface area contributed by atoms with Gasteiger partial charge in [0.1, 0.15) is 10.6 Å². The predicted molar refractivity (Wildman–Crippen MR) is 105 cm³/mol. The van der Waals surface area contributed by atoms with Crippen molar-refractivity contribution in [2.24, 2.45) is 0 Å². The molecule has 3 rings (SSSR count). The summed E-state index contributed by atoms with van der Waals surface area (Å²) in [5, 5.41) is 3.65. The number of sulfonamides is 1. The molecule has 132 valence electrons. The van der Waals surface area contributed by atoms with E-state index in [0.29, 0.717) is 10.9 Å². The van der Waals surface area contributed by atoms with E-state index < -0.39 is 10.0 Å². The zero-order valence-electron chi connectivity index (χ0n) is 14.1. The lowest BCUT2D eigenvalue weighted by Gasteiger charge is -2.07. The number of hydrogen-bond donors (Lipinski definition) is 2. The van der Waals surface area contributed by atoms with E-state index in [9.17, 15) is 8.42 Å². The van der Waals surface area contributed by atoms with Crippen LogP contribution in [0.4, 0.5) is 5.69 Å². The summed E-state index contributed by atoms with van der Waals surface area (Å²) in [5.74, 6) is 0.393. The molecule has 0 saturated carbocycles. The average Bonchev–Trinajstić information content (AvgIpc) is 2.63. The van der Waals surface area contributed by atoms with Crippen LogP contribution in [0.15, 0.2) is 83.8 Å². The molecular weight excluding hydrogens is 368 g/mol. The Morgan fingerprint density at radius 3 is 2.15 bits per heavy atom. The molecular formula is C20H18ClN2O2S+. The van der Waals surface area contributed by atoms with Crippen LogP contribution in [0.25, 0.3) is 0 Å². The fourth-order valence-electron chi connectivity index (χ4n) is 2.47. The molecule has 2 N–H and O–H groups in total. The Kier molecular flexibility index (Phi) is 5.40. The highest BCUT2D eigenvalue weighted by molar-refractivity contribution is 7.84. The number of benzene rings is 3. The van der Waals surface area contributed by atoms with E-state index in [0.717, 1.165) is 16.8 Å². The molecule has 0 bridgehead atoms. The minimum Gasteiger partial charge on any atom is -0.240 e. The van der Waals surface area contributed by atoms with Gasteiger partial charge in [0, 0.05) is 5.02 Å². The number of hydrogen-bond acceptors (Lipinski definition) is 2. The van der Waals surface area contributed by atoms with Crippen LogP contribution < -0.4 is 9.71 Å². The van der Waals surface area contributed by atoms with Crippen molar-refractivity contribution in [2.45, 2.75) is 11.8 Å². The first-order valence-corrected chi connectivity index (χ1v) is 9.85. The molecule has 0 spiro atoms. The van der Waals surface area contributed by atoms with Gasteiger partial charge in [-0.15, -0.1) is 0 Å². The van der Waals surface area contributed by atoms with E-state index in [4.69, 9.17) is 11.6 Å². The summed E-state index contributed by atoms with van der Waals surface area (Å²) < 4.78 is 28.3. The molecule has 0 aliphatic rings. The van der Waals surface area contributed by atoms with E-state index >= 15 is 0 Å². The molecule has 0 fully saturated rings. The highest BCUT2D eigenvalue weighted by Gasteiger charge is 2.21. The van der Waals surface area contributed by atoms with Crippen LogP contribution in [-0.4, -0.2) is 14.3 Å². The lowest BCUT2D eigenvalue weighted by molar-refractivity contribution is -0.266. The lowest BCUT2D eigenvalue weighted by atomic mass is 10.1. The number of para-hydroxylation sites is 1. The van der Waals surface area contributed by atoms with Gasteiger partial charge in [0.05, 0.1) is 5.56 Å². The van der Waals surface area contributed by atoms with E-state index in [1.807, 2.05) is 61.5 Å². The van der Waals surface area contributed by atoms with Crippen molar-refractivity contribution in [1.82, 2.24) is 0 Å².